The first-order valence-electron chi connectivity index (χ1n) is 7.69. The van der Waals surface area contributed by atoms with Gasteiger partial charge in [0, 0.05) is 19.6 Å². The Balaban J connectivity index is 3.06. The van der Waals surface area contributed by atoms with Gasteiger partial charge in [0.25, 0.3) is 0 Å². The maximum absolute atomic E-state index is 12.8. The maximum atomic E-state index is 12.8. The fraction of sp³-hybridized carbons (Fsp3) is 0.529. The maximum Gasteiger partial charge on any atom is 0.307 e. The number of carboxylic acid groups (broad SMARTS) is 1. The number of nitrogens with zero attached hydrogens (tertiary/aromatic N) is 2. The van der Waals surface area contributed by atoms with E-state index in [1.54, 1.807) is 18.9 Å². The van der Waals surface area contributed by atoms with Crippen molar-refractivity contribution in [3.63, 3.8) is 0 Å². The van der Waals surface area contributed by atoms with Gasteiger partial charge in [0.05, 0.1) is 5.92 Å². The lowest BCUT2D eigenvalue weighted by Crippen LogP contribution is -2.43. The molecule has 2 unspecified atom stereocenters. The molecule has 0 radical (unpaired) electrons. The van der Waals surface area contributed by atoms with Gasteiger partial charge in [-0.2, -0.15) is 0 Å². The molecule has 5 nitrogen and oxygen atoms in total. The van der Waals surface area contributed by atoms with Gasteiger partial charge in [0.2, 0.25) is 5.91 Å². The van der Waals surface area contributed by atoms with E-state index in [-0.39, 0.29) is 5.91 Å². The van der Waals surface area contributed by atoms with Crippen molar-refractivity contribution in [3.05, 3.63) is 35.9 Å². The quantitative estimate of drug-likeness (QED) is 0.800. The van der Waals surface area contributed by atoms with Gasteiger partial charge >= 0.3 is 5.97 Å². The SMILES string of the molecule is CCN(CC)C(=O)C(c1ccccc1)N(C)CC(C)C(=O)O. The van der Waals surface area contributed by atoms with E-state index < -0.39 is 17.9 Å². The number of aliphatic carboxylic acids is 1. The highest BCUT2D eigenvalue weighted by Gasteiger charge is 2.29. The zero-order valence-electron chi connectivity index (χ0n) is 13.8. The fourth-order valence-corrected chi connectivity index (χ4v) is 2.54. The normalized spacial score (nSPS) is 13.7. The minimum Gasteiger partial charge on any atom is -0.481 e. The Morgan fingerprint density at radius 3 is 2.14 bits per heavy atom. The Labute approximate surface area is 132 Å². The number of carbonyl (C=O) groups is 2. The van der Waals surface area contributed by atoms with Gasteiger partial charge in [-0.3, -0.25) is 14.5 Å². The number of carboxylic acids is 1. The summed E-state index contributed by atoms with van der Waals surface area (Å²) in [5.41, 5.74) is 0.888. The van der Waals surface area contributed by atoms with Crippen LogP contribution in [0.1, 0.15) is 32.4 Å². The monoisotopic (exact) mass is 306 g/mol. The predicted octanol–water partition coefficient (Wildman–Crippen LogP) is 2.25. The molecule has 1 aromatic rings. The second-order valence-electron chi connectivity index (χ2n) is 5.50. The molecule has 0 aliphatic carbocycles. The predicted molar refractivity (Wildman–Crippen MR) is 86.5 cm³/mol. The number of carbonyl (C=O) groups excluding carboxylic acids is 1. The molecule has 1 amide bonds. The van der Waals surface area contributed by atoms with E-state index in [0.717, 1.165) is 5.56 Å². The second-order valence-corrected chi connectivity index (χ2v) is 5.50. The lowest BCUT2D eigenvalue weighted by molar-refractivity contribution is -0.144. The molecule has 0 spiro atoms. The minimum absolute atomic E-state index is 0.0105. The van der Waals surface area contributed by atoms with Crippen LogP contribution in [0.3, 0.4) is 0 Å². The molecule has 0 aromatic heterocycles. The van der Waals surface area contributed by atoms with Crippen LogP contribution >= 0.6 is 0 Å². The zero-order valence-corrected chi connectivity index (χ0v) is 13.8. The Morgan fingerprint density at radius 1 is 1.14 bits per heavy atom. The van der Waals surface area contributed by atoms with Crippen LogP contribution in [0.4, 0.5) is 0 Å². The molecule has 0 aliphatic heterocycles. The van der Waals surface area contributed by atoms with E-state index in [0.29, 0.717) is 19.6 Å². The second kappa shape index (κ2) is 8.54. The van der Waals surface area contributed by atoms with Crippen LogP contribution in [0, 0.1) is 5.92 Å². The third kappa shape index (κ3) is 4.56. The molecule has 1 aromatic carbocycles. The third-order valence-electron chi connectivity index (χ3n) is 3.85. The number of hydrogen-bond acceptors (Lipinski definition) is 3. The van der Waals surface area contributed by atoms with Gasteiger partial charge in [-0.15, -0.1) is 0 Å². The first-order valence-corrected chi connectivity index (χ1v) is 7.69. The van der Waals surface area contributed by atoms with Crippen LogP contribution in [0.2, 0.25) is 0 Å². The Kier molecular flexibility index (Phi) is 7.05. The van der Waals surface area contributed by atoms with Crippen molar-refractivity contribution in [3.8, 4) is 0 Å². The number of likely N-dealkylation sites (N-methyl/N-ethyl adjacent to an activating group) is 2. The molecule has 122 valence electrons. The van der Waals surface area contributed by atoms with Crippen molar-refractivity contribution in [1.29, 1.82) is 0 Å². The number of rotatable bonds is 8. The molecule has 0 aliphatic rings. The first kappa shape index (κ1) is 18.2. The summed E-state index contributed by atoms with van der Waals surface area (Å²) in [4.78, 5) is 27.5. The molecule has 0 fully saturated rings. The molecule has 1 N–H and O–H groups in total. The van der Waals surface area contributed by atoms with Crippen LogP contribution in [0.15, 0.2) is 30.3 Å². The molecule has 0 heterocycles. The molecule has 5 heteroatoms. The Morgan fingerprint density at radius 2 is 1.68 bits per heavy atom. The smallest absolute Gasteiger partial charge is 0.307 e. The van der Waals surface area contributed by atoms with Crippen molar-refractivity contribution in [1.82, 2.24) is 9.80 Å². The first-order chi connectivity index (χ1) is 10.4. The summed E-state index contributed by atoms with van der Waals surface area (Å²) < 4.78 is 0. The summed E-state index contributed by atoms with van der Waals surface area (Å²) in [5.74, 6) is -1.37. The third-order valence-corrected chi connectivity index (χ3v) is 3.85. The lowest BCUT2D eigenvalue weighted by atomic mass is 10.0. The number of benzene rings is 1. The Hall–Kier alpha value is -1.88. The highest BCUT2D eigenvalue weighted by molar-refractivity contribution is 5.83. The molecule has 1 rings (SSSR count). The van der Waals surface area contributed by atoms with Crippen molar-refractivity contribution < 1.29 is 14.7 Å². The zero-order chi connectivity index (χ0) is 16.7. The highest BCUT2D eigenvalue weighted by atomic mass is 16.4. The summed E-state index contributed by atoms with van der Waals surface area (Å²) in [6.45, 7) is 7.15. The van der Waals surface area contributed by atoms with E-state index in [4.69, 9.17) is 5.11 Å². The van der Waals surface area contributed by atoms with Crippen LogP contribution in [0.5, 0.6) is 0 Å². The van der Waals surface area contributed by atoms with Gasteiger partial charge in [-0.1, -0.05) is 37.3 Å². The van der Waals surface area contributed by atoms with E-state index >= 15 is 0 Å². The fourth-order valence-electron chi connectivity index (χ4n) is 2.54. The average molecular weight is 306 g/mol. The number of hydrogen-bond donors (Lipinski definition) is 1. The standard InChI is InChI=1S/C17H26N2O3/c1-5-19(6-2)16(20)15(14-10-8-7-9-11-14)18(4)12-13(3)17(21)22/h7-11,13,15H,5-6,12H2,1-4H3,(H,21,22). The molecule has 22 heavy (non-hydrogen) atoms. The minimum atomic E-state index is -0.853. The Bertz CT molecular complexity index is 486. The summed E-state index contributed by atoms with van der Waals surface area (Å²) in [5, 5.41) is 9.10. The summed E-state index contributed by atoms with van der Waals surface area (Å²) in [7, 11) is 1.80. The van der Waals surface area contributed by atoms with Gasteiger partial charge in [0.1, 0.15) is 6.04 Å². The lowest BCUT2D eigenvalue weighted by Gasteiger charge is -2.32. The molecule has 2 atom stereocenters. The van der Waals surface area contributed by atoms with Gasteiger partial charge in [-0.25, -0.2) is 0 Å². The summed E-state index contributed by atoms with van der Waals surface area (Å²) in [6, 6.07) is 9.06. The van der Waals surface area contributed by atoms with Crippen molar-refractivity contribution in [2.24, 2.45) is 5.92 Å². The highest BCUT2D eigenvalue weighted by Crippen LogP contribution is 2.23. The van der Waals surface area contributed by atoms with Crippen LogP contribution < -0.4 is 0 Å². The van der Waals surface area contributed by atoms with Crippen LogP contribution in [0.25, 0.3) is 0 Å². The van der Waals surface area contributed by atoms with Gasteiger partial charge in [0.15, 0.2) is 0 Å². The molecule has 0 saturated heterocycles. The van der Waals surface area contributed by atoms with Gasteiger partial charge in [-0.05, 0) is 26.5 Å². The largest absolute Gasteiger partial charge is 0.481 e. The van der Waals surface area contributed by atoms with Crippen molar-refractivity contribution in [2.75, 3.05) is 26.7 Å². The van der Waals surface area contributed by atoms with E-state index in [1.165, 1.54) is 0 Å². The molecular formula is C17H26N2O3. The van der Waals surface area contributed by atoms with Gasteiger partial charge < -0.3 is 10.0 Å². The number of amides is 1. The van der Waals surface area contributed by atoms with E-state index in [2.05, 4.69) is 0 Å². The van der Waals surface area contributed by atoms with E-state index in [9.17, 15) is 9.59 Å². The topological polar surface area (TPSA) is 60.9 Å². The molecule has 0 saturated carbocycles. The average Bonchev–Trinajstić information content (AvgIpc) is 2.49. The summed E-state index contributed by atoms with van der Waals surface area (Å²) >= 11 is 0. The summed E-state index contributed by atoms with van der Waals surface area (Å²) in [6.07, 6.45) is 0. The van der Waals surface area contributed by atoms with Crippen LogP contribution in [-0.4, -0.2) is 53.5 Å². The van der Waals surface area contributed by atoms with E-state index in [1.807, 2.05) is 49.1 Å². The van der Waals surface area contributed by atoms with Crippen LogP contribution in [-0.2, 0) is 9.59 Å². The molecule has 0 bridgehead atoms. The van der Waals surface area contributed by atoms with Crippen molar-refractivity contribution in [2.45, 2.75) is 26.8 Å². The molecular weight excluding hydrogens is 280 g/mol. The van der Waals surface area contributed by atoms with Crippen molar-refractivity contribution >= 4 is 11.9 Å².